The zero-order valence-electron chi connectivity index (χ0n) is 39.8. The Bertz CT molecular complexity index is 1310. The molecule has 0 spiro atoms. The van der Waals surface area contributed by atoms with Gasteiger partial charge in [-0.15, -0.1) is 0 Å². The lowest BCUT2D eigenvalue weighted by molar-refractivity contribution is -0.167. The largest absolute Gasteiger partial charge is 0.462 e. The van der Waals surface area contributed by atoms with Gasteiger partial charge in [0.2, 0.25) is 0 Å². The second-order valence-corrected chi connectivity index (χ2v) is 16.0. The summed E-state index contributed by atoms with van der Waals surface area (Å²) >= 11 is 0. The van der Waals surface area contributed by atoms with E-state index in [1.54, 1.807) is 0 Å². The topological polar surface area (TPSA) is 78.9 Å². The van der Waals surface area contributed by atoms with E-state index in [0.717, 1.165) is 83.5 Å². The molecule has 0 aromatic carbocycles. The van der Waals surface area contributed by atoms with Gasteiger partial charge in [0.25, 0.3) is 0 Å². The lowest BCUT2D eigenvalue weighted by Crippen LogP contribution is -2.30. The van der Waals surface area contributed by atoms with Gasteiger partial charge < -0.3 is 14.2 Å². The minimum Gasteiger partial charge on any atom is -0.462 e. The van der Waals surface area contributed by atoms with Crippen molar-refractivity contribution < 1.29 is 28.6 Å². The Balaban J connectivity index is 4.57. The molecule has 0 radical (unpaired) electrons. The Hall–Kier alpha value is -3.93. The smallest absolute Gasteiger partial charge is 0.306 e. The number of hydrogen-bond donors (Lipinski definition) is 0. The number of allylic oxidation sites excluding steroid dienone is 18. The van der Waals surface area contributed by atoms with Gasteiger partial charge in [-0.1, -0.05) is 201 Å². The maximum absolute atomic E-state index is 12.8. The minimum atomic E-state index is -0.828. The fourth-order valence-corrected chi connectivity index (χ4v) is 6.29. The highest BCUT2D eigenvalue weighted by Gasteiger charge is 2.19. The highest BCUT2D eigenvalue weighted by molar-refractivity contribution is 5.71. The molecule has 0 aliphatic rings. The normalized spacial score (nSPS) is 13.0. The molecule has 1 atom stereocenters. The molecule has 0 aliphatic heterocycles. The zero-order chi connectivity index (χ0) is 45.1. The predicted molar refractivity (Wildman–Crippen MR) is 265 cm³/mol. The third kappa shape index (κ3) is 47.1. The Morgan fingerprint density at radius 3 is 1.05 bits per heavy atom. The van der Waals surface area contributed by atoms with Crippen molar-refractivity contribution in [3.63, 3.8) is 0 Å². The van der Waals surface area contributed by atoms with E-state index in [0.29, 0.717) is 19.3 Å². The first-order chi connectivity index (χ1) is 30.5. The standard InChI is InChI=1S/C56H90O6/c1-4-7-10-13-16-19-22-24-26-28-30-32-34-37-40-43-46-49-55(58)61-52-53(51-60-54(57)48-45-42-39-36-21-18-15-12-9-6-3)62-56(59)50-47-44-41-38-35-33-31-29-27-25-23-20-17-14-11-8-5-2/h7,10,16-17,19-20,24-27,30-33,37-38,40-41,53H,4-6,8-9,11-15,18,21-23,28-29,34-36,39,42-52H2,1-3H3/b10-7-,19-16-,20-17-,26-24-,27-25-,32-30-,33-31-,40-37-,41-38-. The quantitative estimate of drug-likeness (QED) is 0.0263. The molecule has 0 N–H and O–H groups in total. The van der Waals surface area contributed by atoms with Crippen LogP contribution in [-0.2, 0) is 28.6 Å². The van der Waals surface area contributed by atoms with E-state index in [-0.39, 0.29) is 44.0 Å². The summed E-state index contributed by atoms with van der Waals surface area (Å²) in [5.74, 6) is -1.05. The van der Waals surface area contributed by atoms with Gasteiger partial charge in [0.1, 0.15) is 13.2 Å². The summed E-state index contributed by atoms with van der Waals surface area (Å²) in [7, 11) is 0. The third-order valence-corrected chi connectivity index (χ3v) is 10.0. The molecule has 350 valence electrons. The number of carbonyl (C=O) groups excluding carboxylic acids is 3. The molecule has 0 fully saturated rings. The van der Waals surface area contributed by atoms with E-state index in [1.807, 2.05) is 0 Å². The van der Waals surface area contributed by atoms with Crippen molar-refractivity contribution >= 4 is 17.9 Å². The molecule has 0 amide bonds. The van der Waals surface area contributed by atoms with Crippen molar-refractivity contribution in [3.8, 4) is 0 Å². The minimum absolute atomic E-state index is 0.118. The summed E-state index contributed by atoms with van der Waals surface area (Å²) in [5.41, 5.74) is 0. The highest BCUT2D eigenvalue weighted by atomic mass is 16.6. The van der Waals surface area contributed by atoms with E-state index >= 15 is 0 Å². The van der Waals surface area contributed by atoms with Gasteiger partial charge in [-0.3, -0.25) is 14.4 Å². The van der Waals surface area contributed by atoms with Crippen molar-refractivity contribution in [3.05, 3.63) is 109 Å². The van der Waals surface area contributed by atoms with Gasteiger partial charge in [-0.25, -0.2) is 0 Å². The maximum atomic E-state index is 12.8. The molecule has 0 rings (SSSR count). The van der Waals surface area contributed by atoms with E-state index in [4.69, 9.17) is 14.2 Å². The number of carbonyl (C=O) groups is 3. The van der Waals surface area contributed by atoms with Gasteiger partial charge >= 0.3 is 17.9 Å². The van der Waals surface area contributed by atoms with Gasteiger partial charge in [0.15, 0.2) is 6.10 Å². The van der Waals surface area contributed by atoms with Gasteiger partial charge in [0, 0.05) is 19.3 Å². The zero-order valence-corrected chi connectivity index (χ0v) is 39.8. The number of ether oxygens (including phenoxy) is 3. The summed E-state index contributed by atoms with van der Waals surface area (Å²) in [6.07, 6.45) is 66.5. The number of esters is 3. The van der Waals surface area contributed by atoms with Crippen molar-refractivity contribution in [1.29, 1.82) is 0 Å². The van der Waals surface area contributed by atoms with Crippen LogP contribution in [0.25, 0.3) is 0 Å². The van der Waals surface area contributed by atoms with Crippen LogP contribution in [0.4, 0.5) is 0 Å². The van der Waals surface area contributed by atoms with Crippen molar-refractivity contribution in [1.82, 2.24) is 0 Å². The number of rotatable bonds is 43. The molecule has 6 nitrogen and oxygen atoms in total. The van der Waals surface area contributed by atoms with Crippen LogP contribution in [0.1, 0.15) is 207 Å². The van der Waals surface area contributed by atoms with Crippen LogP contribution in [0.2, 0.25) is 0 Å². The molecule has 62 heavy (non-hydrogen) atoms. The maximum Gasteiger partial charge on any atom is 0.306 e. The van der Waals surface area contributed by atoms with Crippen molar-refractivity contribution in [2.45, 2.75) is 213 Å². The Morgan fingerprint density at radius 2 is 0.645 bits per heavy atom. The first-order valence-electron chi connectivity index (χ1n) is 24.9. The number of unbranched alkanes of at least 4 members (excludes halogenated alkanes) is 14. The molecule has 0 bridgehead atoms. The van der Waals surface area contributed by atoms with E-state index in [1.165, 1.54) is 70.6 Å². The van der Waals surface area contributed by atoms with Crippen LogP contribution in [0.5, 0.6) is 0 Å². The molecular formula is C56H90O6. The Kier molecular flexibility index (Phi) is 46.6. The van der Waals surface area contributed by atoms with Crippen LogP contribution in [0.15, 0.2) is 109 Å². The predicted octanol–water partition coefficient (Wildman–Crippen LogP) is 16.4. The van der Waals surface area contributed by atoms with Crippen molar-refractivity contribution in [2.24, 2.45) is 0 Å². The summed E-state index contributed by atoms with van der Waals surface area (Å²) < 4.78 is 16.6. The molecule has 1 unspecified atom stereocenters. The summed E-state index contributed by atoms with van der Waals surface area (Å²) in [5, 5.41) is 0. The van der Waals surface area contributed by atoms with Gasteiger partial charge in [-0.05, 0) is 96.3 Å². The van der Waals surface area contributed by atoms with Crippen LogP contribution in [0, 0.1) is 0 Å². The lowest BCUT2D eigenvalue weighted by atomic mass is 10.1. The summed E-state index contributed by atoms with van der Waals surface area (Å²) in [4.78, 5) is 37.8. The summed E-state index contributed by atoms with van der Waals surface area (Å²) in [6.45, 7) is 6.37. The average molecular weight is 859 g/mol. The highest BCUT2D eigenvalue weighted by Crippen LogP contribution is 2.12. The molecular weight excluding hydrogens is 769 g/mol. The van der Waals surface area contributed by atoms with Crippen LogP contribution in [0.3, 0.4) is 0 Å². The van der Waals surface area contributed by atoms with Gasteiger partial charge in [0.05, 0.1) is 0 Å². The number of hydrogen-bond acceptors (Lipinski definition) is 6. The first-order valence-corrected chi connectivity index (χ1v) is 24.9. The van der Waals surface area contributed by atoms with E-state index < -0.39 is 6.10 Å². The fourth-order valence-electron chi connectivity index (χ4n) is 6.29. The molecule has 0 heterocycles. The monoisotopic (exact) mass is 859 g/mol. The molecule has 0 aromatic rings. The summed E-state index contributed by atoms with van der Waals surface area (Å²) in [6, 6.07) is 0. The molecule has 0 saturated carbocycles. The van der Waals surface area contributed by atoms with Crippen LogP contribution >= 0.6 is 0 Å². The van der Waals surface area contributed by atoms with E-state index in [2.05, 4.69) is 130 Å². The molecule has 0 aromatic heterocycles. The molecule has 0 aliphatic carbocycles. The fraction of sp³-hybridized carbons (Fsp3) is 0.625. The SMILES string of the molecule is CC/C=C\C/C=C\C/C=C\C/C=C\C/C=C\CCCC(=O)OCC(COC(=O)CCCCCCCCCCCC)OC(=O)CCC/C=C\C/C=C\C/C=C\C/C=C\CCCCC. The van der Waals surface area contributed by atoms with Gasteiger partial charge in [-0.2, -0.15) is 0 Å². The first kappa shape index (κ1) is 58.1. The van der Waals surface area contributed by atoms with Crippen LogP contribution in [-0.4, -0.2) is 37.2 Å². The second-order valence-electron chi connectivity index (χ2n) is 16.0. The molecule has 6 heteroatoms. The van der Waals surface area contributed by atoms with Crippen molar-refractivity contribution in [2.75, 3.05) is 13.2 Å². The average Bonchev–Trinajstić information content (AvgIpc) is 3.27. The molecule has 0 saturated heterocycles. The second kappa shape index (κ2) is 49.7. The third-order valence-electron chi connectivity index (χ3n) is 10.0. The lowest BCUT2D eigenvalue weighted by Gasteiger charge is -2.18. The Morgan fingerprint density at radius 1 is 0.339 bits per heavy atom. The van der Waals surface area contributed by atoms with Crippen LogP contribution < -0.4 is 0 Å². The van der Waals surface area contributed by atoms with E-state index in [9.17, 15) is 14.4 Å². The Labute approximate surface area is 380 Å².